The molecule has 0 radical (unpaired) electrons. The first-order valence-electron chi connectivity index (χ1n) is 5.85. The first kappa shape index (κ1) is 14.1. The van der Waals surface area contributed by atoms with Gasteiger partial charge in [-0.1, -0.05) is 26.1 Å². The highest BCUT2D eigenvalue weighted by Gasteiger charge is 2.51. The van der Waals surface area contributed by atoms with E-state index in [1.807, 2.05) is 20.8 Å². The summed E-state index contributed by atoms with van der Waals surface area (Å²) in [4.78, 5) is 25.9. The highest BCUT2D eigenvalue weighted by molar-refractivity contribution is 7.80. The predicted octanol–water partition coefficient (Wildman–Crippen LogP) is 1.47. The number of carbonyl (C=O) groups excluding carboxylic acids is 2. The molecule has 1 aliphatic rings. The Morgan fingerprint density at radius 1 is 1.47 bits per heavy atom. The SMILES string of the molecule is CC(CC(N)=S)N1C(=O)CC(C)(C(C)C)C1=O. The first-order valence-corrected chi connectivity index (χ1v) is 6.25. The Balaban J connectivity index is 2.93. The third-order valence-electron chi connectivity index (χ3n) is 3.71. The van der Waals surface area contributed by atoms with Gasteiger partial charge in [-0.3, -0.25) is 14.5 Å². The molecule has 17 heavy (non-hydrogen) atoms. The summed E-state index contributed by atoms with van der Waals surface area (Å²) < 4.78 is 0. The van der Waals surface area contributed by atoms with E-state index in [0.717, 1.165) is 0 Å². The van der Waals surface area contributed by atoms with Gasteiger partial charge in [0, 0.05) is 18.9 Å². The molecule has 1 rings (SSSR count). The Morgan fingerprint density at radius 2 is 2.00 bits per heavy atom. The number of hydrogen-bond acceptors (Lipinski definition) is 3. The number of carbonyl (C=O) groups is 2. The molecule has 96 valence electrons. The van der Waals surface area contributed by atoms with Crippen molar-refractivity contribution in [2.45, 2.75) is 46.6 Å². The van der Waals surface area contributed by atoms with E-state index in [2.05, 4.69) is 0 Å². The number of likely N-dealkylation sites (tertiary alicyclic amines) is 1. The van der Waals surface area contributed by atoms with Crippen LogP contribution in [0.15, 0.2) is 0 Å². The first-order chi connectivity index (χ1) is 7.70. The van der Waals surface area contributed by atoms with Crippen LogP contribution in [0, 0.1) is 11.3 Å². The molecule has 1 aliphatic heterocycles. The maximum absolute atomic E-state index is 12.3. The third kappa shape index (κ3) is 2.49. The molecule has 1 fully saturated rings. The molecule has 2 N–H and O–H groups in total. The summed E-state index contributed by atoms with van der Waals surface area (Å²) in [7, 11) is 0. The number of hydrogen-bond donors (Lipinski definition) is 1. The fourth-order valence-electron chi connectivity index (χ4n) is 2.14. The molecule has 0 aliphatic carbocycles. The van der Waals surface area contributed by atoms with Crippen molar-refractivity contribution in [2.24, 2.45) is 17.1 Å². The van der Waals surface area contributed by atoms with E-state index >= 15 is 0 Å². The molecule has 0 spiro atoms. The van der Waals surface area contributed by atoms with Crippen molar-refractivity contribution >= 4 is 29.0 Å². The number of nitrogens with two attached hydrogens (primary N) is 1. The van der Waals surface area contributed by atoms with Gasteiger partial charge in [0.05, 0.1) is 10.4 Å². The van der Waals surface area contributed by atoms with Crippen LogP contribution in [0.5, 0.6) is 0 Å². The van der Waals surface area contributed by atoms with Gasteiger partial charge < -0.3 is 5.73 Å². The van der Waals surface area contributed by atoms with Gasteiger partial charge in [0.1, 0.15) is 0 Å². The molecule has 2 amide bonds. The Kier molecular flexibility index (Phi) is 3.91. The van der Waals surface area contributed by atoms with Crippen LogP contribution in [0.2, 0.25) is 0 Å². The van der Waals surface area contributed by atoms with Crippen molar-refractivity contribution in [1.29, 1.82) is 0 Å². The normalized spacial score (nSPS) is 26.8. The van der Waals surface area contributed by atoms with Gasteiger partial charge in [0.2, 0.25) is 11.8 Å². The van der Waals surface area contributed by atoms with Crippen molar-refractivity contribution < 1.29 is 9.59 Å². The van der Waals surface area contributed by atoms with Crippen LogP contribution >= 0.6 is 12.2 Å². The molecular weight excluding hydrogens is 236 g/mol. The summed E-state index contributed by atoms with van der Waals surface area (Å²) in [5.74, 6) is -0.0721. The van der Waals surface area contributed by atoms with Gasteiger partial charge >= 0.3 is 0 Å². The third-order valence-corrected chi connectivity index (χ3v) is 3.87. The quantitative estimate of drug-likeness (QED) is 0.611. The lowest BCUT2D eigenvalue weighted by Gasteiger charge is -2.28. The van der Waals surface area contributed by atoms with Crippen molar-refractivity contribution in [3.05, 3.63) is 0 Å². The molecule has 0 saturated carbocycles. The fraction of sp³-hybridized carbons (Fsp3) is 0.750. The summed E-state index contributed by atoms with van der Waals surface area (Å²) in [6, 6.07) is -0.243. The van der Waals surface area contributed by atoms with Crippen LogP contribution < -0.4 is 5.73 Å². The minimum atomic E-state index is -0.582. The second-order valence-corrected chi connectivity index (χ2v) is 5.86. The maximum Gasteiger partial charge on any atom is 0.236 e. The summed E-state index contributed by atoms with van der Waals surface area (Å²) in [6.45, 7) is 7.59. The van der Waals surface area contributed by atoms with Crippen molar-refractivity contribution in [3.63, 3.8) is 0 Å². The zero-order valence-corrected chi connectivity index (χ0v) is 11.6. The number of rotatable bonds is 4. The van der Waals surface area contributed by atoms with Crippen LogP contribution in [-0.2, 0) is 9.59 Å². The molecule has 0 aromatic rings. The van der Waals surface area contributed by atoms with Crippen LogP contribution in [-0.4, -0.2) is 27.7 Å². The molecule has 1 saturated heterocycles. The maximum atomic E-state index is 12.3. The fourth-order valence-corrected chi connectivity index (χ4v) is 2.38. The van der Waals surface area contributed by atoms with E-state index in [4.69, 9.17) is 18.0 Å². The van der Waals surface area contributed by atoms with E-state index in [0.29, 0.717) is 11.4 Å². The molecule has 4 nitrogen and oxygen atoms in total. The van der Waals surface area contributed by atoms with Gasteiger partial charge in [-0.05, 0) is 19.8 Å². The highest BCUT2D eigenvalue weighted by atomic mass is 32.1. The van der Waals surface area contributed by atoms with E-state index in [1.54, 1.807) is 6.92 Å². The zero-order chi connectivity index (χ0) is 13.4. The highest BCUT2D eigenvalue weighted by Crippen LogP contribution is 2.40. The van der Waals surface area contributed by atoms with Crippen molar-refractivity contribution in [1.82, 2.24) is 4.90 Å². The Labute approximate surface area is 108 Å². The average molecular weight is 256 g/mol. The minimum Gasteiger partial charge on any atom is -0.393 e. The van der Waals surface area contributed by atoms with E-state index in [-0.39, 0.29) is 30.2 Å². The molecule has 0 bridgehead atoms. The Morgan fingerprint density at radius 3 is 2.35 bits per heavy atom. The summed E-state index contributed by atoms with van der Waals surface area (Å²) >= 11 is 4.82. The lowest BCUT2D eigenvalue weighted by atomic mass is 9.78. The van der Waals surface area contributed by atoms with Gasteiger partial charge in [-0.25, -0.2) is 0 Å². The number of thiocarbonyl (C=S) groups is 1. The van der Waals surface area contributed by atoms with Crippen LogP contribution in [0.1, 0.15) is 40.5 Å². The smallest absolute Gasteiger partial charge is 0.236 e. The minimum absolute atomic E-state index is 0.0961. The summed E-state index contributed by atoms with van der Waals surface area (Å²) in [6.07, 6.45) is 0.673. The second kappa shape index (κ2) is 4.72. The molecular formula is C12H20N2O2S. The summed E-state index contributed by atoms with van der Waals surface area (Å²) in [5.41, 5.74) is 4.88. The topological polar surface area (TPSA) is 63.4 Å². The largest absolute Gasteiger partial charge is 0.393 e. The van der Waals surface area contributed by atoms with Crippen molar-refractivity contribution in [2.75, 3.05) is 0 Å². The molecule has 2 unspecified atom stereocenters. The molecule has 2 atom stereocenters. The lowest BCUT2D eigenvalue weighted by Crippen LogP contribution is -2.43. The van der Waals surface area contributed by atoms with E-state index < -0.39 is 5.41 Å². The Hall–Kier alpha value is -0.970. The monoisotopic (exact) mass is 256 g/mol. The van der Waals surface area contributed by atoms with Crippen LogP contribution in [0.3, 0.4) is 0 Å². The predicted molar refractivity (Wildman–Crippen MR) is 70.3 cm³/mol. The van der Waals surface area contributed by atoms with Gasteiger partial charge in [-0.15, -0.1) is 0 Å². The van der Waals surface area contributed by atoms with E-state index in [1.165, 1.54) is 4.90 Å². The number of amides is 2. The molecule has 0 aromatic heterocycles. The molecule has 0 aromatic carbocycles. The van der Waals surface area contributed by atoms with Gasteiger partial charge in [-0.2, -0.15) is 0 Å². The van der Waals surface area contributed by atoms with Crippen LogP contribution in [0.25, 0.3) is 0 Å². The molecule has 1 heterocycles. The lowest BCUT2D eigenvalue weighted by molar-refractivity contribution is -0.144. The average Bonchev–Trinajstić information content (AvgIpc) is 2.37. The van der Waals surface area contributed by atoms with E-state index in [9.17, 15) is 9.59 Å². The molecule has 5 heteroatoms. The van der Waals surface area contributed by atoms with Crippen LogP contribution in [0.4, 0.5) is 0 Å². The zero-order valence-electron chi connectivity index (χ0n) is 10.8. The van der Waals surface area contributed by atoms with Gasteiger partial charge in [0.25, 0.3) is 0 Å². The number of imide groups is 1. The number of nitrogens with zero attached hydrogens (tertiary/aromatic N) is 1. The van der Waals surface area contributed by atoms with Crippen molar-refractivity contribution in [3.8, 4) is 0 Å². The summed E-state index contributed by atoms with van der Waals surface area (Å²) in [5, 5.41) is 0. The Bertz CT molecular complexity index is 368. The second-order valence-electron chi connectivity index (χ2n) is 5.34. The standard InChI is InChI=1S/C12H20N2O2S/c1-7(2)12(4)6-10(15)14(11(12)16)8(3)5-9(13)17/h7-8H,5-6H2,1-4H3,(H2,13,17). The van der Waals surface area contributed by atoms with Gasteiger partial charge in [0.15, 0.2) is 0 Å².